The molecule has 2 N–H and O–H groups in total. The summed E-state index contributed by atoms with van der Waals surface area (Å²) in [5.41, 5.74) is 0.699. The standard InChI is InChI=1S/C14H20N2O/c1-10(2)16(3)8-7-11-9-15-12-5-4-6-13(17)14(11)12/h4-6,9-10,15,17H,7-8H2,1-3H3/i7D2,8D2. The number of fused-ring (bicyclic) bond motifs is 1. The summed E-state index contributed by atoms with van der Waals surface area (Å²) in [6.45, 7) is 1.39. The van der Waals surface area contributed by atoms with Crippen molar-refractivity contribution in [2.45, 2.75) is 26.3 Å². The number of nitrogens with zero attached hydrogens (tertiary/aromatic N) is 1. The Balaban J connectivity index is 2.61. The number of aromatic nitrogens is 1. The molecule has 1 aromatic carbocycles. The van der Waals surface area contributed by atoms with Gasteiger partial charge in [0.05, 0.1) is 0 Å². The molecule has 17 heavy (non-hydrogen) atoms. The molecule has 92 valence electrons. The molecule has 0 bridgehead atoms. The monoisotopic (exact) mass is 236 g/mol. The van der Waals surface area contributed by atoms with E-state index in [2.05, 4.69) is 4.98 Å². The third-order valence-electron chi connectivity index (χ3n) is 2.83. The van der Waals surface area contributed by atoms with Crippen LogP contribution in [-0.4, -0.2) is 34.6 Å². The van der Waals surface area contributed by atoms with Crippen LogP contribution >= 0.6 is 0 Å². The largest absolute Gasteiger partial charge is 0.507 e. The minimum absolute atomic E-state index is 0.0596. The highest BCUT2D eigenvalue weighted by molar-refractivity contribution is 5.88. The van der Waals surface area contributed by atoms with Crippen LogP contribution in [-0.2, 0) is 6.37 Å². The van der Waals surface area contributed by atoms with E-state index in [0.717, 1.165) is 0 Å². The van der Waals surface area contributed by atoms with Gasteiger partial charge in [-0.05, 0) is 45.0 Å². The van der Waals surface area contributed by atoms with Gasteiger partial charge in [-0.1, -0.05) is 6.07 Å². The third kappa shape index (κ3) is 2.44. The molecule has 0 aliphatic rings. The van der Waals surface area contributed by atoms with Crippen molar-refractivity contribution in [1.82, 2.24) is 9.88 Å². The van der Waals surface area contributed by atoms with Crippen LogP contribution in [0.15, 0.2) is 24.4 Å². The molecule has 3 nitrogen and oxygen atoms in total. The summed E-state index contributed by atoms with van der Waals surface area (Å²) in [7, 11) is 1.55. The zero-order chi connectivity index (χ0) is 16.0. The normalized spacial score (nSPS) is 17.0. The van der Waals surface area contributed by atoms with Gasteiger partial charge in [0.15, 0.2) is 0 Å². The van der Waals surface area contributed by atoms with Crippen LogP contribution in [0.2, 0.25) is 0 Å². The summed E-state index contributed by atoms with van der Waals surface area (Å²) in [5.74, 6) is -0.0596. The molecule has 1 aromatic heterocycles. The van der Waals surface area contributed by atoms with Crippen LogP contribution in [0.1, 0.15) is 24.9 Å². The van der Waals surface area contributed by atoms with Crippen LogP contribution in [0.5, 0.6) is 5.75 Å². The maximum atomic E-state index is 10.00. The molecule has 3 heteroatoms. The molecule has 0 saturated carbocycles. The molecule has 0 fully saturated rings. The Morgan fingerprint density at radius 1 is 1.47 bits per heavy atom. The van der Waals surface area contributed by atoms with Gasteiger partial charge >= 0.3 is 0 Å². The number of aromatic amines is 1. The molecule has 0 aliphatic carbocycles. The van der Waals surface area contributed by atoms with Gasteiger partial charge in [-0.25, -0.2) is 0 Å². The van der Waals surface area contributed by atoms with E-state index in [0.29, 0.717) is 10.9 Å². The SMILES string of the molecule is [2H]C([2H])(c1c[nH]c2cccc(O)c12)C([2H])([2H])N(C)C(C)C. The average Bonchev–Trinajstić information content (AvgIpc) is 2.83. The summed E-state index contributed by atoms with van der Waals surface area (Å²) in [6.07, 6.45) is -0.862. The topological polar surface area (TPSA) is 39.3 Å². The van der Waals surface area contributed by atoms with Crippen LogP contribution in [0.3, 0.4) is 0 Å². The molecule has 0 aliphatic heterocycles. The second-order valence-electron chi connectivity index (χ2n) is 4.34. The molecule has 2 aromatic rings. The molecular formula is C14H20N2O. The van der Waals surface area contributed by atoms with Gasteiger partial charge < -0.3 is 15.0 Å². The Bertz CT molecular complexity index is 651. The maximum absolute atomic E-state index is 10.00. The molecule has 2 rings (SSSR count). The fourth-order valence-corrected chi connectivity index (χ4v) is 1.54. The summed E-state index contributed by atoms with van der Waals surface area (Å²) >= 11 is 0. The van der Waals surface area contributed by atoms with Crippen LogP contribution in [0.4, 0.5) is 0 Å². The van der Waals surface area contributed by atoms with Crippen molar-refractivity contribution in [2.75, 3.05) is 13.5 Å². The van der Waals surface area contributed by atoms with E-state index in [4.69, 9.17) is 5.48 Å². The Morgan fingerprint density at radius 3 is 2.94 bits per heavy atom. The number of aryl methyl sites for hydroxylation is 1. The van der Waals surface area contributed by atoms with Gasteiger partial charge in [-0.15, -0.1) is 0 Å². The Kier molecular flexibility index (Phi) is 2.19. The number of aromatic hydroxyl groups is 1. The Hall–Kier alpha value is -1.48. The molecule has 0 unspecified atom stereocenters. The Morgan fingerprint density at radius 2 is 2.24 bits per heavy atom. The van der Waals surface area contributed by atoms with Gasteiger partial charge in [0.1, 0.15) is 5.75 Å². The van der Waals surface area contributed by atoms with Crippen molar-refractivity contribution in [3.05, 3.63) is 30.0 Å². The number of hydrogen-bond acceptors (Lipinski definition) is 2. The lowest BCUT2D eigenvalue weighted by atomic mass is 10.1. The number of likely N-dealkylation sites (N-methyl/N-ethyl adjacent to an activating group) is 1. The minimum atomic E-state index is -2.29. The van der Waals surface area contributed by atoms with Crippen LogP contribution in [0.25, 0.3) is 10.9 Å². The molecule has 0 spiro atoms. The first-order valence-corrected chi connectivity index (χ1v) is 5.63. The number of benzene rings is 1. The lowest BCUT2D eigenvalue weighted by Crippen LogP contribution is -2.28. The first-order valence-electron chi connectivity index (χ1n) is 7.63. The maximum Gasteiger partial charge on any atom is 0.125 e. The number of hydrogen-bond donors (Lipinski definition) is 2. The smallest absolute Gasteiger partial charge is 0.125 e. The second kappa shape index (κ2) is 4.80. The van der Waals surface area contributed by atoms with Crippen molar-refractivity contribution in [3.8, 4) is 5.75 Å². The first kappa shape index (κ1) is 7.77. The van der Waals surface area contributed by atoms with Crippen molar-refractivity contribution in [2.24, 2.45) is 0 Å². The number of H-pyrrole nitrogens is 1. The van der Waals surface area contributed by atoms with Crippen LogP contribution < -0.4 is 0 Å². The quantitative estimate of drug-likeness (QED) is 0.857. The summed E-state index contributed by atoms with van der Waals surface area (Å²) in [4.78, 5) is 4.24. The molecule has 0 radical (unpaired) electrons. The van der Waals surface area contributed by atoms with Gasteiger partial charge in [0.25, 0.3) is 0 Å². The van der Waals surface area contributed by atoms with Crippen LogP contribution in [0, 0.1) is 0 Å². The average molecular weight is 236 g/mol. The Labute approximate surface area is 108 Å². The summed E-state index contributed by atoms with van der Waals surface area (Å²) in [5, 5.41) is 10.3. The molecule has 0 saturated heterocycles. The van der Waals surface area contributed by atoms with E-state index < -0.39 is 12.9 Å². The zero-order valence-corrected chi connectivity index (χ0v) is 10.3. The predicted octanol–water partition coefficient (Wildman–Crippen LogP) is 2.76. The lowest BCUT2D eigenvalue weighted by Gasteiger charge is -2.20. The highest BCUT2D eigenvalue weighted by Crippen LogP contribution is 2.27. The van der Waals surface area contributed by atoms with E-state index in [-0.39, 0.29) is 17.4 Å². The lowest BCUT2D eigenvalue weighted by molar-refractivity contribution is 0.278. The highest BCUT2D eigenvalue weighted by Gasteiger charge is 2.09. The van der Waals surface area contributed by atoms with E-state index in [9.17, 15) is 5.11 Å². The van der Waals surface area contributed by atoms with Gasteiger partial charge in [0, 0.05) is 35.1 Å². The number of nitrogens with one attached hydrogen (secondary N) is 1. The molecular weight excluding hydrogens is 212 g/mol. The van der Waals surface area contributed by atoms with Crippen molar-refractivity contribution >= 4 is 10.9 Å². The third-order valence-corrected chi connectivity index (χ3v) is 2.83. The second-order valence-corrected chi connectivity index (χ2v) is 4.34. The fraction of sp³-hybridized carbons (Fsp3) is 0.429. The van der Waals surface area contributed by atoms with E-state index in [1.165, 1.54) is 17.2 Å². The summed E-state index contributed by atoms with van der Waals surface area (Å²) in [6, 6.07) is 4.69. The molecule has 0 atom stereocenters. The van der Waals surface area contributed by atoms with Gasteiger partial charge in [-0.3, -0.25) is 0 Å². The van der Waals surface area contributed by atoms with Crippen molar-refractivity contribution < 1.29 is 10.6 Å². The molecule has 1 heterocycles. The zero-order valence-electron chi connectivity index (χ0n) is 14.3. The predicted molar refractivity (Wildman–Crippen MR) is 71.4 cm³/mol. The van der Waals surface area contributed by atoms with Gasteiger partial charge in [0.2, 0.25) is 0 Å². The first-order chi connectivity index (χ1) is 9.60. The van der Waals surface area contributed by atoms with Crippen molar-refractivity contribution in [1.29, 1.82) is 0 Å². The van der Waals surface area contributed by atoms with Crippen molar-refractivity contribution in [3.63, 3.8) is 0 Å². The number of rotatable bonds is 4. The fourth-order valence-electron chi connectivity index (χ4n) is 1.54. The van der Waals surface area contributed by atoms with E-state index in [1.807, 2.05) is 0 Å². The summed E-state index contributed by atoms with van der Waals surface area (Å²) < 4.78 is 33.0. The van der Waals surface area contributed by atoms with Gasteiger partial charge in [-0.2, -0.15) is 0 Å². The highest BCUT2D eigenvalue weighted by atomic mass is 16.3. The van der Waals surface area contributed by atoms with E-state index in [1.54, 1.807) is 33.0 Å². The number of phenolic OH excluding ortho intramolecular Hbond substituents is 1. The minimum Gasteiger partial charge on any atom is -0.507 e. The van der Waals surface area contributed by atoms with E-state index >= 15 is 0 Å². The number of phenols is 1. The molecule has 0 amide bonds.